The standard InChI is InChI=1S/C25H27FN2O2/c1-6-30-24(29)13-25(3,20-14-28(5)23-11-16(2)7-9-18(20)23)21-15-27(4)22-10-8-17(26)12-19(21)22/h7-12,14-15H,6,13H2,1-5H3. The average molecular weight is 407 g/mol. The number of hydrogen-bond acceptors (Lipinski definition) is 2. The summed E-state index contributed by atoms with van der Waals surface area (Å²) >= 11 is 0. The highest BCUT2D eigenvalue weighted by Gasteiger charge is 2.37. The fourth-order valence-corrected chi connectivity index (χ4v) is 4.57. The summed E-state index contributed by atoms with van der Waals surface area (Å²) in [5.74, 6) is -0.556. The van der Waals surface area contributed by atoms with E-state index in [-0.39, 0.29) is 18.2 Å². The maximum Gasteiger partial charge on any atom is 0.307 e. The Labute approximate surface area is 175 Å². The summed E-state index contributed by atoms with van der Waals surface area (Å²) in [5, 5.41) is 1.90. The van der Waals surface area contributed by atoms with Gasteiger partial charge in [0.15, 0.2) is 0 Å². The van der Waals surface area contributed by atoms with Gasteiger partial charge in [-0.3, -0.25) is 4.79 Å². The summed E-state index contributed by atoms with van der Waals surface area (Å²) in [5.41, 5.74) is 4.47. The number of carbonyl (C=O) groups excluding carboxylic acids is 1. The Kier molecular flexibility index (Phi) is 4.92. The third-order valence-corrected chi connectivity index (χ3v) is 6.09. The van der Waals surface area contributed by atoms with Gasteiger partial charge < -0.3 is 13.9 Å². The minimum Gasteiger partial charge on any atom is -0.466 e. The van der Waals surface area contributed by atoms with E-state index in [0.717, 1.165) is 32.9 Å². The highest BCUT2D eigenvalue weighted by atomic mass is 19.1. The summed E-state index contributed by atoms with van der Waals surface area (Å²) in [4.78, 5) is 12.7. The van der Waals surface area contributed by atoms with Crippen LogP contribution in [0.15, 0.2) is 48.8 Å². The largest absolute Gasteiger partial charge is 0.466 e. The molecule has 0 amide bonds. The lowest BCUT2D eigenvalue weighted by molar-refractivity contribution is -0.144. The van der Waals surface area contributed by atoms with Crippen molar-refractivity contribution in [3.8, 4) is 0 Å². The van der Waals surface area contributed by atoms with Crippen molar-refractivity contribution in [2.24, 2.45) is 14.1 Å². The van der Waals surface area contributed by atoms with Crippen LogP contribution in [-0.2, 0) is 29.0 Å². The molecule has 1 unspecified atom stereocenters. The van der Waals surface area contributed by atoms with Gasteiger partial charge in [-0.2, -0.15) is 0 Å². The van der Waals surface area contributed by atoms with Crippen molar-refractivity contribution in [3.05, 3.63) is 71.3 Å². The second-order valence-electron chi connectivity index (χ2n) is 8.30. The Morgan fingerprint density at radius 3 is 2.37 bits per heavy atom. The Morgan fingerprint density at radius 1 is 1.00 bits per heavy atom. The topological polar surface area (TPSA) is 36.2 Å². The van der Waals surface area contributed by atoms with E-state index in [1.807, 2.05) is 31.8 Å². The van der Waals surface area contributed by atoms with E-state index in [4.69, 9.17) is 4.74 Å². The van der Waals surface area contributed by atoms with Crippen LogP contribution in [-0.4, -0.2) is 21.7 Å². The molecule has 0 aliphatic heterocycles. The molecule has 30 heavy (non-hydrogen) atoms. The SMILES string of the molecule is CCOC(=O)CC(C)(c1cn(C)c2ccc(F)cc12)c1cn(C)c2cc(C)ccc12. The molecular weight excluding hydrogens is 379 g/mol. The first-order valence-corrected chi connectivity index (χ1v) is 10.2. The zero-order chi connectivity index (χ0) is 21.6. The Hall–Kier alpha value is -3.08. The summed E-state index contributed by atoms with van der Waals surface area (Å²) in [7, 11) is 3.96. The molecule has 0 aliphatic carbocycles. The molecule has 4 rings (SSSR count). The fourth-order valence-electron chi connectivity index (χ4n) is 4.57. The predicted molar refractivity (Wildman–Crippen MR) is 118 cm³/mol. The van der Waals surface area contributed by atoms with E-state index in [2.05, 4.69) is 42.8 Å². The lowest BCUT2D eigenvalue weighted by Crippen LogP contribution is -2.28. The molecule has 2 aromatic heterocycles. The number of esters is 1. The minimum atomic E-state index is -0.686. The molecule has 156 valence electrons. The van der Waals surface area contributed by atoms with Crippen LogP contribution in [0.25, 0.3) is 21.8 Å². The normalized spacial score (nSPS) is 13.7. The van der Waals surface area contributed by atoms with Gasteiger partial charge in [0.05, 0.1) is 13.0 Å². The highest BCUT2D eigenvalue weighted by molar-refractivity contribution is 5.91. The van der Waals surface area contributed by atoms with Crippen molar-refractivity contribution in [1.29, 1.82) is 0 Å². The number of benzene rings is 2. The van der Waals surface area contributed by atoms with Gasteiger partial charge >= 0.3 is 5.97 Å². The van der Waals surface area contributed by atoms with Crippen LogP contribution in [0.2, 0.25) is 0 Å². The van der Waals surface area contributed by atoms with Crippen LogP contribution in [0.3, 0.4) is 0 Å². The second-order valence-corrected chi connectivity index (χ2v) is 8.30. The lowest BCUT2D eigenvalue weighted by atomic mass is 9.73. The van der Waals surface area contributed by atoms with Crippen molar-refractivity contribution >= 4 is 27.8 Å². The lowest BCUT2D eigenvalue weighted by Gasteiger charge is -2.29. The van der Waals surface area contributed by atoms with Crippen molar-refractivity contribution in [2.75, 3.05) is 6.61 Å². The molecule has 0 spiro atoms. The maximum absolute atomic E-state index is 14.2. The third-order valence-electron chi connectivity index (χ3n) is 6.09. The van der Waals surface area contributed by atoms with E-state index >= 15 is 0 Å². The zero-order valence-corrected chi connectivity index (χ0v) is 18.1. The Morgan fingerprint density at radius 2 is 1.67 bits per heavy atom. The third kappa shape index (κ3) is 3.18. The molecule has 4 nitrogen and oxygen atoms in total. The molecule has 5 heteroatoms. The number of aromatic nitrogens is 2. The van der Waals surface area contributed by atoms with Gasteiger partial charge in [0, 0.05) is 53.7 Å². The van der Waals surface area contributed by atoms with Crippen LogP contribution in [0.5, 0.6) is 0 Å². The number of ether oxygens (including phenoxy) is 1. The number of halogens is 1. The van der Waals surface area contributed by atoms with Gasteiger partial charge in [0.1, 0.15) is 5.82 Å². The van der Waals surface area contributed by atoms with E-state index in [1.54, 1.807) is 12.1 Å². The van der Waals surface area contributed by atoms with Gasteiger partial charge in [0.25, 0.3) is 0 Å². The molecule has 1 atom stereocenters. The summed E-state index contributed by atoms with van der Waals surface area (Å²) in [6, 6.07) is 11.1. The van der Waals surface area contributed by atoms with Gasteiger partial charge in [-0.25, -0.2) is 4.39 Å². The molecule has 0 saturated heterocycles. The van der Waals surface area contributed by atoms with Crippen LogP contribution >= 0.6 is 0 Å². The zero-order valence-electron chi connectivity index (χ0n) is 18.1. The first kappa shape index (κ1) is 20.2. The fraction of sp³-hybridized carbons (Fsp3) is 0.320. The summed E-state index contributed by atoms with van der Waals surface area (Å²) < 4.78 is 23.6. The van der Waals surface area contributed by atoms with E-state index in [1.165, 1.54) is 11.6 Å². The molecule has 4 aromatic rings. The van der Waals surface area contributed by atoms with Gasteiger partial charge in [0.2, 0.25) is 0 Å². The van der Waals surface area contributed by atoms with E-state index < -0.39 is 5.41 Å². The van der Waals surface area contributed by atoms with Crippen LogP contribution in [0, 0.1) is 12.7 Å². The van der Waals surface area contributed by atoms with Crippen LogP contribution in [0.4, 0.5) is 4.39 Å². The van der Waals surface area contributed by atoms with Gasteiger partial charge in [-0.1, -0.05) is 19.1 Å². The number of nitrogens with zero attached hydrogens (tertiary/aromatic N) is 2. The van der Waals surface area contributed by atoms with Crippen molar-refractivity contribution in [1.82, 2.24) is 9.13 Å². The van der Waals surface area contributed by atoms with Crippen molar-refractivity contribution < 1.29 is 13.9 Å². The first-order valence-electron chi connectivity index (χ1n) is 10.2. The Balaban J connectivity index is 2.03. The molecule has 0 fully saturated rings. The van der Waals surface area contributed by atoms with E-state index in [9.17, 15) is 9.18 Å². The first-order chi connectivity index (χ1) is 14.2. The molecule has 0 N–H and O–H groups in total. The average Bonchev–Trinajstić information content (AvgIpc) is 3.19. The smallest absolute Gasteiger partial charge is 0.307 e. The van der Waals surface area contributed by atoms with Gasteiger partial charge in [-0.15, -0.1) is 0 Å². The Bertz CT molecular complexity index is 1270. The van der Waals surface area contributed by atoms with Crippen LogP contribution < -0.4 is 0 Å². The molecule has 2 aromatic carbocycles. The van der Waals surface area contributed by atoms with Crippen molar-refractivity contribution in [3.63, 3.8) is 0 Å². The van der Waals surface area contributed by atoms with E-state index in [0.29, 0.717) is 6.61 Å². The second kappa shape index (κ2) is 7.31. The molecule has 0 saturated carbocycles. The molecule has 0 aliphatic rings. The quantitative estimate of drug-likeness (QED) is 0.417. The number of rotatable bonds is 5. The minimum absolute atomic E-state index is 0.170. The highest BCUT2D eigenvalue weighted by Crippen LogP contribution is 2.43. The molecular formula is C25H27FN2O2. The molecule has 2 heterocycles. The summed E-state index contributed by atoms with van der Waals surface area (Å²) in [6.07, 6.45) is 4.27. The van der Waals surface area contributed by atoms with Gasteiger partial charge in [-0.05, 0) is 54.8 Å². The molecule has 0 radical (unpaired) electrons. The summed E-state index contributed by atoms with van der Waals surface area (Å²) in [6.45, 7) is 6.26. The number of aryl methyl sites for hydroxylation is 3. The monoisotopic (exact) mass is 406 g/mol. The van der Waals surface area contributed by atoms with Crippen LogP contribution in [0.1, 0.15) is 37.0 Å². The maximum atomic E-state index is 14.2. The number of fused-ring (bicyclic) bond motifs is 2. The number of hydrogen-bond donors (Lipinski definition) is 0. The molecule has 0 bridgehead atoms. The van der Waals surface area contributed by atoms with Crippen molar-refractivity contribution in [2.45, 2.75) is 32.6 Å². The number of carbonyl (C=O) groups is 1. The predicted octanol–water partition coefficient (Wildman–Crippen LogP) is 5.38.